The average Bonchev–Trinajstić information content (AvgIpc) is 2.71. The van der Waals surface area contributed by atoms with E-state index in [9.17, 15) is 4.79 Å². The molecule has 1 amide bonds. The molecule has 3 aliphatic heterocycles. The van der Waals surface area contributed by atoms with Gasteiger partial charge in [-0.25, -0.2) is 0 Å². The van der Waals surface area contributed by atoms with Crippen molar-refractivity contribution in [3.05, 3.63) is 17.0 Å². The second kappa shape index (κ2) is 7.26. The second-order valence-corrected chi connectivity index (χ2v) is 7.79. The van der Waals surface area contributed by atoms with Gasteiger partial charge in [-0.3, -0.25) is 4.79 Å². The highest BCUT2D eigenvalue weighted by molar-refractivity contribution is 7.98. The van der Waals surface area contributed by atoms with Gasteiger partial charge in [0.05, 0.1) is 18.2 Å². The molecule has 3 aliphatic rings. The fourth-order valence-corrected chi connectivity index (χ4v) is 4.27. The maximum Gasteiger partial charge on any atom is 0.227 e. The van der Waals surface area contributed by atoms with Crippen LogP contribution in [0.5, 0.6) is 0 Å². The number of carbonyl (C=O) groups is 1. The molecule has 0 unspecified atom stereocenters. The van der Waals surface area contributed by atoms with Gasteiger partial charge in [-0.15, -0.1) is 0 Å². The predicted molar refractivity (Wildman–Crippen MR) is 92.5 cm³/mol. The van der Waals surface area contributed by atoms with E-state index in [0.29, 0.717) is 18.5 Å². The van der Waals surface area contributed by atoms with Crippen LogP contribution in [-0.2, 0) is 11.3 Å². The quantitative estimate of drug-likeness (QED) is 0.747. The lowest BCUT2D eigenvalue weighted by molar-refractivity contribution is -0.140. The topological polar surface area (TPSA) is 49.6 Å². The molecular formula is C17H27N3O2S. The summed E-state index contributed by atoms with van der Waals surface area (Å²) in [5.74, 6) is 2.53. The maximum atomic E-state index is 12.9. The Hall–Kier alpha value is -1.01. The van der Waals surface area contributed by atoms with E-state index in [4.69, 9.17) is 4.52 Å². The van der Waals surface area contributed by atoms with Crippen LogP contribution in [0.3, 0.4) is 0 Å². The van der Waals surface area contributed by atoms with Crippen molar-refractivity contribution in [1.29, 1.82) is 0 Å². The zero-order valence-corrected chi connectivity index (χ0v) is 15.2. The summed E-state index contributed by atoms with van der Waals surface area (Å²) in [7, 11) is 0. The van der Waals surface area contributed by atoms with Gasteiger partial charge in [0.15, 0.2) is 0 Å². The molecule has 0 saturated carbocycles. The summed E-state index contributed by atoms with van der Waals surface area (Å²) in [5.41, 5.74) is 1.99. The second-order valence-electron chi connectivity index (χ2n) is 6.80. The van der Waals surface area contributed by atoms with E-state index < -0.39 is 0 Å². The molecule has 1 aromatic heterocycles. The van der Waals surface area contributed by atoms with Crippen LogP contribution in [0.1, 0.15) is 36.3 Å². The SMILES string of the molecule is CSCCCN1C[C@@H]2CC[C@H](C1)N(Cc1c(C)noc1C)C2=O. The lowest BCUT2D eigenvalue weighted by atomic mass is 9.93. The van der Waals surface area contributed by atoms with Gasteiger partial charge in [-0.2, -0.15) is 11.8 Å². The van der Waals surface area contributed by atoms with Crippen molar-refractivity contribution in [3.63, 3.8) is 0 Å². The van der Waals surface area contributed by atoms with Gasteiger partial charge in [-0.1, -0.05) is 5.16 Å². The van der Waals surface area contributed by atoms with E-state index in [1.807, 2.05) is 25.6 Å². The number of thioether (sulfide) groups is 1. The van der Waals surface area contributed by atoms with Gasteiger partial charge in [0.2, 0.25) is 5.91 Å². The van der Waals surface area contributed by atoms with Crippen LogP contribution in [0.2, 0.25) is 0 Å². The number of hydrogen-bond acceptors (Lipinski definition) is 5. The Labute approximate surface area is 142 Å². The van der Waals surface area contributed by atoms with Gasteiger partial charge in [-0.05, 0) is 51.7 Å². The highest BCUT2D eigenvalue weighted by Gasteiger charge is 2.40. The lowest BCUT2D eigenvalue weighted by Gasteiger charge is -2.36. The van der Waals surface area contributed by atoms with E-state index in [1.165, 1.54) is 12.2 Å². The monoisotopic (exact) mass is 337 g/mol. The lowest BCUT2D eigenvalue weighted by Crippen LogP contribution is -2.47. The Morgan fingerprint density at radius 2 is 2.13 bits per heavy atom. The standard InChI is InChI=1S/C17H27N3O2S/c1-12-16(13(2)22-18-12)11-20-15-6-5-14(17(20)21)9-19(10-15)7-4-8-23-3/h14-15H,4-11H2,1-3H3/t14-,15+/m0/s1. The molecule has 0 aliphatic carbocycles. The summed E-state index contributed by atoms with van der Waals surface area (Å²) < 4.78 is 5.27. The van der Waals surface area contributed by atoms with Crippen molar-refractivity contribution in [2.75, 3.05) is 31.6 Å². The minimum atomic E-state index is 0.170. The first-order valence-corrected chi connectivity index (χ1v) is 9.93. The summed E-state index contributed by atoms with van der Waals surface area (Å²) in [5, 5.41) is 4.03. The van der Waals surface area contributed by atoms with Gasteiger partial charge in [0, 0.05) is 24.7 Å². The number of carbonyl (C=O) groups excluding carboxylic acids is 1. The van der Waals surface area contributed by atoms with Gasteiger partial charge < -0.3 is 14.3 Å². The Bertz CT molecular complexity index is 541. The zero-order chi connectivity index (χ0) is 16.4. The smallest absolute Gasteiger partial charge is 0.227 e. The molecule has 6 heteroatoms. The molecule has 2 atom stereocenters. The molecule has 3 saturated heterocycles. The highest BCUT2D eigenvalue weighted by Crippen LogP contribution is 2.31. The van der Waals surface area contributed by atoms with Crippen LogP contribution >= 0.6 is 11.8 Å². The molecular weight excluding hydrogens is 310 g/mol. The molecule has 4 rings (SSSR count). The van der Waals surface area contributed by atoms with Crippen molar-refractivity contribution in [2.45, 2.75) is 45.7 Å². The minimum absolute atomic E-state index is 0.170. The molecule has 0 N–H and O–H groups in total. The van der Waals surface area contributed by atoms with E-state index in [2.05, 4.69) is 21.2 Å². The summed E-state index contributed by atoms with van der Waals surface area (Å²) >= 11 is 1.90. The molecule has 128 valence electrons. The first-order chi connectivity index (χ1) is 11.1. The first kappa shape index (κ1) is 16.8. The Balaban J connectivity index is 1.71. The minimum Gasteiger partial charge on any atom is -0.361 e. The van der Waals surface area contributed by atoms with E-state index in [-0.39, 0.29) is 5.92 Å². The maximum absolute atomic E-state index is 12.9. The third-order valence-electron chi connectivity index (χ3n) is 5.20. The Morgan fingerprint density at radius 3 is 2.83 bits per heavy atom. The first-order valence-electron chi connectivity index (χ1n) is 8.53. The van der Waals surface area contributed by atoms with E-state index in [0.717, 1.165) is 49.5 Å². The van der Waals surface area contributed by atoms with Crippen LogP contribution in [0.4, 0.5) is 0 Å². The molecule has 0 radical (unpaired) electrons. The van der Waals surface area contributed by atoms with Crippen LogP contribution in [0, 0.1) is 19.8 Å². The van der Waals surface area contributed by atoms with Crippen molar-refractivity contribution in [2.24, 2.45) is 5.92 Å². The summed E-state index contributed by atoms with van der Waals surface area (Å²) in [4.78, 5) is 17.5. The van der Waals surface area contributed by atoms with E-state index in [1.54, 1.807) is 0 Å². The number of aromatic nitrogens is 1. The highest BCUT2D eigenvalue weighted by atomic mass is 32.2. The summed E-state index contributed by atoms with van der Waals surface area (Å²) in [6.45, 7) is 7.60. The van der Waals surface area contributed by atoms with Crippen molar-refractivity contribution < 1.29 is 9.32 Å². The van der Waals surface area contributed by atoms with Crippen molar-refractivity contribution >= 4 is 17.7 Å². The van der Waals surface area contributed by atoms with Gasteiger partial charge in [0.25, 0.3) is 0 Å². The number of amides is 1. The van der Waals surface area contributed by atoms with Crippen LogP contribution in [-0.4, -0.2) is 58.5 Å². The third kappa shape index (κ3) is 3.58. The fraction of sp³-hybridized carbons (Fsp3) is 0.765. The average molecular weight is 337 g/mol. The molecule has 3 fully saturated rings. The van der Waals surface area contributed by atoms with E-state index >= 15 is 0 Å². The zero-order valence-electron chi connectivity index (χ0n) is 14.4. The predicted octanol–water partition coefficient (Wildman–Crippen LogP) is 2.47. The van der Waals surface area contributed by atoms with Crippen LogP contribution < -0.4 is 0 Å². The summed E-state index contributed by atoms with van der Waals surface area (Å²) in [6.07, 6.45) is 5.53. The molecule has 0 spiro atoms. The normalized spacial score (nSPS) is 25.2. The number of fused-ring (bicyclic) bond motifs is 4. The number of hydrogen-bond donors (Lipinski definition) is 0. The molecule has 1 aromatic rings. The third-order valence-corrected chi connectivity index (χ3v) is 5.90. The molecule has 4 heterocycles. The number of piperidine rings is 1. The molecule has 0 aromatic carbocycles. The number of rotatable bonds is 6. The number of nitrogens with zero attached hydrogens (tertiary/aromatic N) is 3. The van der Waals surface area contributed by atoms with Crippen LogP contribution in [0.15, 0.2) is 4.52 Å². The van der Waals surface area contributed by atoms with Gasteiger partial charge >= 0.3 is 0 Å². The molecule has 2 bridgehead atoms. The van der Waals surface area contributed by atoms with Crippen LogP contribution in [0.25, 0.3) is 0 Å². The largest absolute Gasteiger partial charge is 0.361 e. The fourth-order valence-electron chi connectivity index (χ4n) is 3.85. The molecule has 5 nitrogen and oxygen atoms in total. The number of aryl methyl sites for hydroxylation is 2. The Kier molecular flexibility index (Phi) is 5.31. The van der Waals surface area contributed by atoms with Crippen molar-refractivity contribution in [3.8, 4) is 0 Å². The summed E-state index contributed by atoms with van der Waals surface area (Å²) in [6, 6.07) is 0.337. The molecule has 23 heavy (non-hydrogen) atoms. The Morgan fingerprint density at radius 1 is 1.30 bits per heavy atom. The van der Waals surface area contributed by atoms with Gasteiger partial charge in [0.1, 0.15) is 5.76 Å². The van der Waals surface area contributed by atoms with Crippen molar-refractivity contribution in [1.82, 2.24) is 15.0 Å².